The van der Waals surface area contributed by atoms with E-state index in [2.05, 4.69) is 25.6 Å². The van der Waals surface area contributed by atoms with Crippen LogP contribution >= 0.6 is 0 Å². The van der Waals surface area contributed by atoms with Gasteiger partial charge in [-0.25, -0.2) is 36.1 Å². The van der Waals surface area contributed by atoms with Crippen molar-refractivity contribution in [3.8, 4) is 22.5 Å². The largest absolute Gasteiger partial charge is 0.490 e. The summed E-state index contributed by atoms with van der Waals surface area (Å²) >= 11 is 0. The van der Waals surface area contributed by atoms with E-state index in [9.17, 15) is 34.4 Å². The molecule has 0 saturated carbocycles. The van der Waals surface area contributed by atoms with Gasteiger partial charge in [0.1, 0.15) is 4.90 Å². The van der Waals surface area contributed by atoms with Crippen LogP contribution in [0.1, 0.15) is 0 Å². The number of nitrogens with two attached hydrogens (primary N) is 3. The molecule has 3 aromatic rings. The van der Waals surface area contributed by atoms with Crippen LogP contribution in [-0.2, 0) is 24.7 Å². The maximum Gasteiger partial charge on any atom is 0.490 e. The van der Waals surface area contributed by atoms with Crippen molar-refractivity contribution >= 4 is 31.6 Å². The first kappa shape index (κ1) is 28.5. The van der Waals surface area contributed by atoms with Crippen molar-refractivity contribution in [2.75, 3.05) is 18.0 Å². The number of H-pyrrole nitrogens is 1. The Morgan fingerprint density at radius 3 is 2.22 bits per heavy atom. The average Bonchev–Trinajstić information content (AvgIpc) is 3.28. The van der Waals surface area contributed by atoms with Crippen molar-refractivity contribution in [1.29, 1.82) is 0 Å². The molecule has 2 aromatic heterocycles. The SMILES string of the molecule is NCCS(=O)(=O)c1ccc(-c2cnc(N)c(F)c2)c(-c2nn[nH]n2)c1S(N)(=O)=O.O=C(O)C(F)(F)F. The van der Waals surface area contributed by atoms with Crippen LogP contribution < -0.4 is 16.6 Å². The normalized spacial score (nSPS) is 12.1. The van der Waals surface area contributed by atoms with Crippen LogP contribution in [0.5, 0.6) is 0 Å². The van der Waals surface area contributed by atoms with Crippen LogP contribution in [0.15, 0.2) is 34.2 Å². The predicted octanol–water partition coefficient (Wildman–Crippen LogP) is -0.337. The quantitative estimate of drug-likeness (QED) is 0.245. The van der Waals surface area contributed by atoms with Gasteiger partial charge < -0.3 is 16.6 Å². The molecule has 36 heavy (non-hydrogen) atoms. The van der Waals surface area contributed by atoms with Crippen LogP contribution in [0, 0.1) is 5.82 Å². The molecule has 2 heterocycles. The molecule has 0 spiro atoms. The molecule has 0 aliphatic carbocycles. The number of aliphatic carboxylic acids is 1. The lowest BCUT2D eigenvalue weighted by molar-refractivity contribution is -0.192. The van der Waals surface area contributed by atoms with Crippen molar-refractivity contribution in [3.05, 3.63) is 30.2 Å². The summed E-state index contributed by atoms with van der Waals surface area (Å²) in [6.45, 7) is -0.251. The van der Waals surface area contributed by atoms with Crippen molar-refractivity contribution in [3.63, 3.8) is 0 Å². The van der Waals surface area contributed by atoms with Crippen LogP contribution in [0.25, 0.3) is 22.5 Å². The van der Waals surface area contributed by atoms with Crippen LogP contribution in [0.3, 0.4) is 0 Å². The second-order valence-corrected chi connectivity index (χ2v) is 10.2. The third-order valence-electron chi connectivity index (χ3n) is 4.12. The lowest BCUT2D eigenvalue weighted by atomic mass is 10.0. The van der Waals surface area contributed by atoms with E-state index >= 15 is 0 Å². The van der Waals surface area contributed by atoms with E-state index in [1.807, 2.05) is 0 Å². The first-order valence-electron chi connectivity index (χ1n) is 9.08. The Morgan fingerprint density at radius 1 is 1.17 bits per heavy atom. The second kappa shape index (κ2) is 10.5. The second-order valence-electron chi connectivity index (χ2n) is 6.60. The van der Waals surface area contributed by atoms with Gasteiger partial charge >= 0.3 is 12.1 Å². The smallest absolute Gasteiger partial charge is 0.475 e. The molecule has 20 heteroatoms. The van der Waals surface area contributed by atoms with Gasteiger partial charge in [0.05, 0.1) is 16.2 Å². The van der Waals surface area contributed by atoms with Crippen LogP contribution in [0.2, 0.25) is 0 Å². The molecule has 0 unspecified atom stereocenters. The molecule has 0 atom stereocenters. The zero-order chi connectivity index (χ0) is 27.5. The van der Waals surface area contributed by atoms with Gasteiger partial charge in [-0.05, 0) is 22.9 Å². The Hall–Kier alpha value is -3.75. The van der Waals surface area contributed by atoms with Crippen molar-refractivity contribution in [1.82, 2.24) is 25.6 Å². The molecule has 0 fully saturated rings. The number of nitrogens with zero attached hydrogens (tertiary/aromatic N) is 4. The Labute approximate surface area is 199 Å². The van der Waals surface area contributed by atoms with Crippen molar-refractivity contribution < 1.29 is 44.3 Å². The van der Waals surface area contributed by atoms with Gasteiger partial charge in [0.2, 0.25) is 15.8 Å². The number of carbonyl (C=O) groups is 1. The summed E-state index contributed by atoms with van der Waals surface area (Å²) < 4.78 is 95.7. The molecule has 0 radical (unpaired) electrons. The summed E-state index contributed by atoms with van der Waals surface area (Å²) in [5.41, 5.74) is 10.6. The fourth-order valence-corrected chi connectivity index (χ4v) is 5.44. The highest BCUT2D eigenvalue weighted by Crippen LogP contribution is 2.39. The van der Waals surface area contributed by atoms with E-state index in [4.69, 9.17) is 26.5 Å². The number of nitrogens with one attached hydrogen (secondary N) is 1. The fraction of sp³-hybridized carbons (Fsp3) is 0.188. The molecule has 14 nitrogen and oxygen atoms in total. The molecule has 0 bridgehead atoms. The van der Waals surface area contributed by atoms with Gasteiger partial charge in [-0.3, -0.25) is 0 Å². The number of primary sulfonamides is 1. The zero-order valence-corrected chi connectivity index (χ0v) is 19.2. The van der Waals surface area contributed by atoms with E-state index in [1.165, 1.54) is 12.3 Å². The average molecular weight is 556 g/mol. The van der Waals surface area contributed by atoms with Crippen molar-refractivity contribution in [2.45, 2.75) is 16.0 Å². The number of aromatic nitrogens is 5. The van der Waals surface area contributed by atoms with Gasteiger partial charge in [0.15, 0.2) is 21.5 Å². The van der Waals surface area contributed by atoms with E-state index in [0.29, 0.717) is 0 Å². The molecule has 196 valence electrons. The number of tetrazole rings is 1. The minimum absolute atomic E-state index is 0.0496. The summed E-state index contributed by atoms with van der Waals surface area (Å²) in [6, 6.07) is 3.30. The number of carboxylic acid groups (broad SMARTS) is 1. The van der Waals surface area contributed by atoms with E-state index in [0.717, 1.165) is 12.1 Å². The molecule has 8 N–H and O–H groups in total. The van der Waals surface area contributed by atoms with Gasteiger partial charge in [-0.15, -0.1) is 10.2 Å². The number of sulfone groups is 1. The lowest BCUT2D eigenvalue weighted by Crippen LogP contribution is -2.22. The Bertz CT molecular complexity index is 1480. The third kappa shape index (κ3) is 6.47. The molecule has 0 saturated heterocycles. The summed E-state index contributed by atoms with van der Waals surface area (Å²) in [4.78, 5) is 11.2. The minimum Gasteiger partial charge on any atom is -0.475 e. The number of sulfonamides is 1. The standard InChI is InChI=1S/C14H15FN8O4S2.C2HF3O2/c15-9-5-7(6-19-13(9)17)8-1-2-10(28(24,25)4-3-16)12(29(18,26)27)11(8)14-20-22-23-21-14;3-2(4,5)1(6)7/h1-2,5-6H,3-4,16H2,(H2,17,19)(H2,18,26,27)(H,20,21,22,23);(H,6,7). The predicted molar refractivity (Wildman–Crippen MR) is 113 cm³/mol. The summed E-state index contributed by atoms with van der Waals surface area (Å²) in [5.74, 6) is -4.79. The number of hydrogen-bond donors (Lipinski definition) is 5. The van der Waals surface area contributed by atoms with Gasteiger partial charge in [-0.2, -0.15) is 18.4 Å². The molecule has 0 aliphatic rings. The number of rotatable bonds is 6. The van der Waals surface area contributed by atoms with E-state index in [-0.39, 0.29) is 34.9 Å². The van der Waals surface area contributed by atoms with Gasteiger partial charge in [-0.1, -0.05) is 6.07 Å². The monoisotopic (exact) mass is 556 g/mol. The molecule has 1 aromatic carbocycles. The zero-order valence-electron chi connectivity index (χ0n) is 17.6. The number of hydrogen-bond acceptors (Lipinski definition) is 11. The maximum atomic E-state index is 14.0. The topological polar surface area (TPSA) is 251 Å². The number of carboxylic acids is 1. The van der Waals surface area contributed by atoms with Crippen molar-refractivity contribution in [2.24, 2.45) is 10.9 Å². The Balaban J connectivity index is 0.000000572. The number of halogens is 4. The van der Waals surface area contributed by atoms with Gasteiger partial charge in [0, 0.05) is 18.3 Å². The highest BCUT2D eigenvalue weighted by molar-refractivity contribution is 7.93. The van der Waals surface area contributed by atoms with Gasteiger partial charge in [0.25, 0.3) is 0 Å². The lowest BCUT2D eigenvalue weighted by Gasteiger charge is -2.16. The number of aromatic amines is 1. The first-order valence-corrected chi connectivity index (χ1v) is 12.3. The Morgan fingerprint density at radius 2 is 1.78 bits per heavy atom. The summed E-state index contributed by atoms with van der Waals surface area (Å²) in [6.07, 6.45) is -3.90. The van der Waals surface area contributed by atoms with E-state index in [1.54, 1.807) is 0 Å². The molecule has 3 rings (SSSR count). The third-order valence-corrected chi connectivity index (χ3v) is 7.03. The molecular weight excluding hydrogens is 540 g/mol. The highest BCUT2D eigenvalue weighted by Gasteiger charge is 2.38. The molecule has 0 aliphatic heterocycles. The molecular formula is C16H16F4N8O6S2. The van der Waals surface area contributed by atoms with Crippen LogP contribution in [0.4, 0.5) is 23.4 Å². The number of pyridine rings is 1. The number of nitrogen functional groups attached to an aromatic ring is 1. The minimum atomic E-state index is -5.08. The summed E-state index contributed by atoms with van der Waals surface area (Å²) in [5, 5.41) is 25.4. The highest BCUT2D eigenvalue weighted by atomic mass is 32.2. The summed E-state index contributed by atoms with van der Waals surface area (Å²) in [7, 11) is -8.75. The number of anilines is 1. The fourth-order valence-electron chi connectivity index (χ4n) is 2.68. The maximum absolute atomic E-state index is 14.0. The number of benzene rings is 1. The van der Waals surface area contributed by atoms with E-state index < -0.39 is 53.4 Å². The van der Waals surface area contributed by atoms with Crippen LogP contribution in [-0.4, -0.2) is 72.0 Å². The Kier molecular flexibility index (Phi) is 8.29. The molecule has 0 amide bonds. The number of alkyl halides is 3. The first-order chi connectivity index (χ1) is 16.5.